The van der Waals surface area contributed by atoms with E-state index in [0.717, 1.165) is 24.7 Å². The first kappa shape index (κ1) is 15.1. The number of pyridine rings is 1. The standard InChI is InChI=1S/C17H26ClN3/c1-14-10-17(16(11-18)12-19-14)21-8-4-15(5-9-21)13-20-6-2-3-7-20/h10,12,15H,2-9,11,13H2,1H3. The number of hydrogen-bond acceptors (Lipinski definition) is 3. The van der Waals surface area contributed by atoms with Crippen LogP contribution in [0.25, 0.3) is 0 Å². The van der Waals surface area contributed by atoms with Gasteiger partial charge >= 0.3 is 0 Å². The van der Waals surface area contributed by atoms with Gasteiger partial charge in [0.05, 0.1) is 5.88 Å². The minimum atomic E-state index is 0.552. The van der Waals surface area contributed by atoms with E-state index in [0.29, 0.717) is 5.88 Å². The lowest BCUT2D eigenvalue weighted by Crippen LogP contribution is -2.38. The highest BCUT2D eigenvalue weighted by Crippen LogP contribution is 2.28. The van der Waals surface area contributed by atoms with Gasteiger partial charge in [-0.15, -0.1) is 11.6 Å². The molecule has 0 N–H and O–H groups in total. The van der Waals surface area contributed by atoms with Crippen molar-refractivity contribution in [2.75, 3.05) is 37.6 Å². The van der Waals surface area contributed by atoms with E-state index in [-0.39, 0.29) is 0 Å². The zero-order valence-electron chi connectivity index (χ0n) is 13.0. The highest BCUT2D eigenvalue weighted by Gasteiger charge is 2.24. The van der Waals surface area contributed by atoms with E-state index in [4.69, 9.17) is 11.6 Å². The molecule has 0 bridgehead atoms. The molecule has 2 fully saturated rings. The fraction of sp³-hybridized carbons (Fsp3) is 0.706. The van der Waals surface area contributed by atoms with Gasteiger partial charge < -0.3 is 9.80 Å². The van der Waals surface area contributed by atoms with E-state index in [1.54, 1.807) is 0 Å². The van der Waals surface area contributed by atoms with Crippen LogP contribution in [0.3, 0.4) is 0 Å². The lowest BCUT2D eigenvalue weighted by atomic mass is 9.95. The van der Waals surface area contributed by atoms with Crippen molar-refractivity contribution < 1.29 is 0 Å². The van der Waals surface area contributed by atoms with Crippen LogP contribution in [-0.4, -0.2) is 42.6 Å². The third-order valence-corrected chi connectivity index (χ3v) is 5.20. The Morgan fingerprint density at radius 2 is 1.90 bits per heavy atom. The fourth-order valence-electron chi connectivity index (χ4n) is 3.66. The van der Waals surface area contributed by atoms with Crippen molar-refractivity contribution in [2.45, 2.75) is 38.5 Å². The maximum atomic E-state index is 6.07. The molecule has 3 heterocycles. The van der Waals surface area contributed by atoms with Gasteiger partial charge in [-0.05, 0) is 57.7 Å². The molecular formula is C17H26ClN3. The van der Waals surface area contributed by atoms with Crippen molar-refractivity contribution in [3.8, 4) is 0 Å². The summed E-state index contributed by atoms with van der Waals surface area (Å²) in [6.07, 6.45) is 7.34. The second kappa shape index (κ2) is 6.97. The first-order valence-electron chi connectivity index (χ1n) is 8.25. The zero-order chi connectivity index (χ0) is 14.7. The minimum Gasteiger partial charge on any atom is -0.371 e. The summed E-state index contributed by atoms with van der Waals surface area (Å²) in [7, 11) is 0. The minimum absolute atomic E-state index is 0.552. The molecule has 2 aliphatic heterocycles. The Morgan fingerprint density at radius 3 is 2.57 bits per heavy atom. The quantitative estimate of drug-likeness (QED) is 0.794. The topological polar surface area (TPSA) is 19.4 Å². The van der Waals surface area contributed by atoms with E-state index < -0.39 is 0 Å². The summed E-state index contributed by atoms with van der Waals surface area (Å²) in [5, 5.41) is 0. The first-order chi connectivity index (χ1) is 10.3. The molecule has 0 atom stereocenters. The van der Waals surface area contributed by atoms with Gasteiger partial charge in [0.1, 0.15) is 0 Å². The van der Waals surface area contributed by atoms with Gasteiger partial charge in [0.2, 0.25) is 0 Å². The van der Waals surface area contributed by atoms with Gasteiger partial charge in [0, 0.05) is 42.8 Å². The number of rotatable bonds is 4. The number of aromatic nitrogens is 1. The normalized spacial score (nSPS) is 21.1. The zero-order valence-corrected chi connectivity index (χ0v) is 13.8. The molecule has 116 valence electrons. The molecule has 1 aromatic rings. The lowest BCUT2D eigenvalue weighted by molar-refractivity contribution is 0.249. The van der Waals surface area contributed by atoms with Crippen LogP contribution in [-0.2, 0) is 5.88 Å². The molecule has 0 spiro atoms. The van der Waals surface area contributed by atoms with E-state index in [1.165, 1.54) is 56.6 Å². The Morgan fingerprint density at radius 1 is 1.19 bits per heavy atom. The highest BCUT2D eigenvalue weighted by atomic mass is 35.5. The van der Waals surface area contributed by atoms with Crippen LogP contribution in [0, 0.1) is 12.8 Å². The van der Waals surface area contributed by atoms with Gasteiger partial charge in [0.15, 0.2) is 0 Å². The van der Waals surface area contributed by atoms with Crippen molar-refractivity contribution in [1.82, 2.24) is 9.88 Å². The molecule has 1 aromatic heterocycles. The molecule has 0 amide bonds. The fourth-order valence-corrected chi connectivity index (χ4v) is 3.86. The number of anilines is 1. The Kier molecular flexibility index (Phi) is 5.02. The van der Waals surface area contributed by atoms with E-state index in [1.807, 2.05) is 6.20 Å². The highest BCUT2D eigenvalue weighted by molar-refractivity contribution is 6.17. The molecule has 0 aromatic carbocycles. The van der Waals surface area contributed by atoms with Crippen LogP contribution in [0.15, 0.2) is 12.3 Å². The second-order valence-electron chi connectivity index (χ2n) is 6.53. The van der Waals surface area contributed by atoms with Crippen LogP contribution in [0.5, 0.6) is 0 Å². The number of halogens is 1. The number of likely N-dealkylation sites (tertiary alicyclic amines) is 1. The van der Waals surface area contributed by atoms with Crippen LogP contribution in [0.1, 0.15) is 36.9 Å². The van der Waals surface area contributed by atoms with E-state index in [2.05, 4.69) is 27.8 Å². The number of hydrogen-bond donors (Lipinski definition) is 0. The maximum Gasteiger partial charge on any atom is 0.0509 e. The Balaban J connectivity index is 1.59. The Bertz CT molecular complexity index is 463. The molecule has 21 heavy (non-hydrogen) atoms. The summed E-state index contributed by atoms with van der Waals surface area (Å²) in [5.41, 5.74) is 3.55. The predicted octanol–water partition coefficient (Wildman–Crippen LogP) is 3.44. The number of aryl methyl sites for hydroxylation is 1. The smallest absolute Gasteiger partial charge is 0.0509 e. The Hall–Kier alpha value is -0.800. The predicted molar refractivity (Wildman–Crippen MR) is 89.1 cm³/mol. The molecule has 2 aliphatic rings. The monoisotopic (exact) mass is 307 g/mol. The van der Waals surface area contributed by atoms with Crippen LogP contribution < -0.4 is 4.90 Å². The third-order valence-electron chi connectivity index (χ3n) is 4.91. The number of alkyl halides is 1. The molecule has 3 rings (SSSR count). The summed E-state index contributed by atoms with van der Waals surface area (Å²) >= 11 is 6.07. The molecule has 3 nitrogen and oxygen atoms in total. The summed E-state index contributed by atoms with van der Waals surface area (Å²) in [4.78, 5) is 9.53. The molecule has 4 heteroatoms. The number of piperidine rings is 1. The SMILES string of the molecule is Cc1cc(N2CCC(CN3CCCC3)CC2)c(CCl)cn1. The van der Waals surface area contributed by atoms with Gasteiger partial charge in [0.25, 0.3) is 0 Å². The van der Waals surface area contributed by atoms with Crippen molar-refractivity contribution in [1.29, 1.82) is 0 Å². The average molecular weight is 308 g/mol. The van der Waals surface area contributed by atoms with Gasteiger partial charge in [-0.3, -0.25) is 4.98 Å². The lowest BCUT2D eigenvalue weighted by Gasteiger charge is -2.36. The molecule has 2 saturated heterocycles. The van der Waals surface area contributed by atoms with Crippen molar-refractivity contribution in [3.63, 3.8) is 0 Å². The summed E-state index contributed by atoms with van der Waals surface area (Å²) < 4.78 is 0. The van der Waals surface area contributed by atoms with Crippen molar-refractivity contribution in [3.05, 3.63) is 23.5 Å². The van der Waals surface area contributed by atoms with Gasteiger partial charge in [-0.1, -0.05) is 0 Å². The largest absolute Gasteiger partial charge is 0.371 e. The maximum absolute atomic E-state index is 6.07. The summed E-state index contributed by atoms with van der Waals surface area (Å²) in [5.74, 6) is 1.43. The second-order valence-corrected chi connectivity index (χ2v) is 6.79. The number of nitrogens with zero attached hydrogens (tertiary/aromatic N) is 3. The van der Waals surface area contributed by atoms with Gasteiger partial charge in [-0.2, -0.15) is 0 Å². The van der Waals surface area contributed by atoms with E-state index >= 15 is 0 Å². The molecule has 0 aliphatic carbocycles. The molecule has 0 saturated carbocycles. The van der Waals surface area contributed by atoms with Crippen LogP contribution in [0.2, 0.25) is 0 Å². The molecule has 0 unspecified atom stereocenters. The summed E-state index contributed by atoms with van der Waals surface area (Å²) in [6, 6.07) is 2.19. The molecule has 0 radical (unpaired) electrons. The van der Waals surface area contributed by atoms with E-state index in [9.17, 15) is 0 Å². The average Bonchev–Trinajstić information content (AvgIpc) is 3.01. The van der Waals surface area contributed by atoms with Gasteiger partial charge in [-0.25, -0.2) is 0 Å². The first-order valence-corrected chi connectivity index (χ1v) is 8.78. The Labute approximate surface area is 133 Å². The third kappa shape index (κ3) is 3.70. The van der Waals surface area contributed by atoms with Crippen molar-refractivity contribution >= 4 is 17.3 Å². The van der Waals surface area contributed by atoms with Crippen LogP contribution >= 0.6 is 11.6 Å². The summed E-state index contributed by atoms with van der Waals surface area (Å²) in [6.45, 7) is 8.32. The van der Waals surface area contributed by atoms with Crippen LogP contribution in [0.4, 0.5) is 5.69 Å². The molecular weight excluding hydrogens is 282 g/mol. The van der Waals surface area contributed by atoms with Crippen molar-refractivity contribution in [2.24, 2.45) is 5.92 Å².